The number of halogens is 1. The Labute approximate surface area is 104 Å². The zero-order chi connectivity index (χ0) is 12.4. The fourth-order valence-corrected chi connectivity index (χ4v) is 2.65. The molecule has 0 spiro atoms. The van der Waals surface area contributed by atoms with E-state index in [1.54, 1.807) is 23.5 Å². The summed E-state index contributed by atoms with van der Waals surface area (Å²) in [5.41, 5.74) is 1.02. The van der Waals surface area contributed by atoms with E-state index in [0.29, 0.717) is 5.82 Å². The van der Waals surface area contributed by atoms with Crippen LogP contribution in [0.4, 0.5) is 10.2 Å². The standard InChI is InChI=1S/C12H14FN3S/c1-7-12(17-9(3)14-7)8(2)15-11-6-4-5-10(13)16-11/h4-6,8H,1-3H3,(H,15,16). The summed E-state index contributed by atoms with van der Waals surface area (Å²) in [6, 6.07) is 4.80. The zero-order valence-corrected chi connectivity index (χ0v) is 10.8. The van der Waals surface area contributed by atoms with Gasteiger partial charge in [0.15, 0.2) is 0 Å². The molecule has 1 N–H and O–H groups in total. The Kier molecular flexibility index (Phi) is 3.38. The third kappa shape index (κ3) is 2.79. The van der Waals surface area contributed by atoms with Crippen LogP contribution >= 0.6 is 11.3 Å². The van der Waals surface area contributed by atoms with Gasteiger partial charge in [-0.1, -0.05) is 6.07 Å². The molecule has 2 rings (SSSR count). The minimum absolute atomic E-state index is 0.0792. The monoisotopic (exact) mass is 251 g/mol. The molecular weight excluding hydrogens is 237 g/mol. The summed E-state index contributed by atoms with van der Waals surface area (Å²) in [7, 11) is 0. The lowest BCUT2D eigenvalue weighted by Gasteiger charge is -2.13. The quantitative estimate of drug-likeness (QED) is 0.849. The molecule has 0 aliphatic rings. The van der Waals surface area contributed by atoms with Crippen LogP contribution in [0.15, 0.2) is 18.2 Å². The lowest BCUT2D eigenvalue weighted by Crippen LogP contribution is -2.08. The predicted molar refractivity (Wildman–Crippen MR) is 67.8 cm³/mol. The smallest absolute Gasteiger partial charge is 0.214 e. The third-order valence-corrected chi connectivity index (χ3v) is 3.67. The van der Waals surface area contributed by atoms with E-state index in [-0.39, 0.29) is 6.04 Å². The molecule has 0 fully saturated rings. The van der Waals surface area contributed by atoms with Crippen molar-refractivity contribution in [2.45, 2.75) is 26.8 Å². The Hall–Kier alpha value is -1.49. The van der Waals surface area contributed by atoms with E-state index in [1.165, 1.54) is 6.07 Å². The van der Waals surface area contributed by atoms with Crippen molar-refractivity contribution in [2.24, 2.45) is 0 Å². The van der Waals surface area contributed by atoms with E-state index >= 15 is 0 Å². The topological polar surface area (TPSA) is 37.8 Å². The maximum absolute atomic E-state index is 12.9. The molecule has 2 aromatic heterocycles. The van der Waals surface area contributed by atoms with Gasteiger partial charge in [0.05, 0.1) is 16.7 Å². The number of nitrogens with zero attached hydrogens (tertiary/aromatic N) is 2. The number of rotatable bonds is 3. The van der Waals surface area contributed by atoms with Crippen molar-refractivity contribution in [1.29, 1.82) is 0 Å². The second kappa shape index (κ2) is 4.79. The average Bonchev–Trinajstić information content (AvgIpc) is 2.58. The number of hydrogen-bond donors (Lipinski definition) is 1. The van der Waals surface area contributed by atoms with E-state index in [9.17, 15) is 4.39 Å². The van der Waals surface area contributed by atoms with E-state index < -0.39 is 5.95 Å². The first-order valence-corrected chi connectivity index (χ1v) is 6.21. The Morgan fingerprint density at radius 1 is 1.29 bits per heavy atom. The number of thiazole rings is 1. The fourth-order valence-electron chi connectivity index (χ4n) is 1.72. The van der Waals surface area contributed by atoms with E-state index in [1.807, 2.05) is 20.8 Å². The minimum Gasteiger partial charge on any atom is -0.363 e. The molecule has 1 atom stereocenters. The molecule has 5 heteroatoms. The lowest BCUT2D eigenvalue weighted by atomic mass is 10.2. The molecule has 0 saturated heterocycles. The van der Waals surface area contributed by atoms with Gasteiger partial charge in [-0.3, -0.25) is 0 Å². The first-order chi connectivity index (χ1) is 8.06. The van der Waals surface area contributed by atoms with E-state index in [2.05, 4.69) is 15.3 Å². The third-order valence-electron chi connectivity index (χ3n) is 2.41. The van der Waals surface area contributed by atoms with Gasteiger partial charge in [-0.25, -0.2) is 9.97 Å². The summed E-state index contributed by atoms with van der Waals surface area (Å²) in [6.45, 7) is 5.98. The molecule has 0 aliphatic carbocycles. The second-order valence-electron chi connectivity index (χ2n) is 3.89. The summed E-state index contributed by atoms with van der Waals surface area (Å²) < 4.78 is 12.9. The Balaban J connectivity index is 2.16. The van der Waals surface area contributed by atoms with Crippen molar-refractivity contribution in [3.05, 3.63) is 39.7 Å². The fraction of sp³-hybridized carbons (Fsp3) is 0.333. The lowest BCUT2D eigenvalue weighted by molar-refractivity contribution is 0.584. The first-order valence-electron chi connectivity index (χ1n) is 5.39. The van der Waals surface area contributed by atoms with Crippen molar-refractivity contribution in [1.82, 2.24) is 9.97 Å². The van der Waals surface area contributed by atoms with Crippen molar-refractivity contribution in [2.75, 3.05) is 5.32 Å². The normalized spacial score (nSPS) is 12.5. The number of aromatic nitrogens is 2. The number of hydrogen-bond acceptors (Lipinski definition) is 4. The van der Waals surface area contributed by atoms with Gasteiger partial charge in [0.2, 0.25) is 5.95 Å². The van der Waals surface area contributed by atoms with Gasteiger partial charge < -0.3 is 5.32 Å². The van der Waals surface area contributed by atoms with Gasteiger partial charge >= 0.3 is 0 Å². The van der Waals surface area contributed by atoms with Gasteiger partial charge in [0, 0.05) is 4.88 Å². The average molecular weight is 251 g/mol. The summed E-state index contributed by atoms with van der Waals surface area (Å²) in [5, 5.41) is 4.21. The molecule has 2 aromatic rings. The van der Waals surface area contributed by atoms with Gasteiger partial charge in [-0.05, 0) is 32.9 Å². The van der Waals surface area contributed by atoms with Crippen LogP contribution in [0.5, 0.6) is 0 Å². The molecule has 0 bridgehead atoms. The number of aryl methyl sites for hydroxylation is 2. The molecule has 17 heavy (non-hydrogen) atoms. The minimum atomic E-state index is -0.473. The van der Waals surface area contributed by atoms with Crippen LogP contribution in [-0.2, 0) is 0 Å². The van der Waals surface area contributed by atoms with Crippen LogP contribution in [0, 0.1) is 19.8 Å². The number of anilines is 1. The summed E-state index contributed by atoms with van der Waals surface area (Å²) in [4.78, 5) is 9.32. The van der Waals surface area contributed by atoms with Crippen molar-refractivity contribution < 1.29 is 4.39 Å². The van der Waals surface area contributed by atoms with Crippen LogP contribution in [0.25, 0.3) is 0 Å². The molecule has 90 valence electrons. The summed E-state index contributed by atoms with van der Waals surface area (Å²) in [5.74, 6) is 0.0716. The van der Waals surface area contributed by atoms with Crippen molar-refractivity contribution in [3.63, 3.8) is 0 Å². The largest absolute Gasteiger partial charge is 0.363 e. The SMILES string of the molecule is Cc1nc(C)c(C(C)Nc2cccc(F)n2)s1. The number of nitrogens with one attached hydrogen (secondary N) is 1. The van der Waals surface area contributed by atoms with Gasteiger partial charge in [-0.15, -0.1) is 11.3 Å². The van der Waals surface area contributed by atoms with E-state index in [4.69, 9.17) is 0 Å². The van der Waals surface area contributed by atoms with Gasteiger partial charge in [-0.2, -0.15) is 4.39 Å². The molecule has 3 nitrogen and oxygen atoms in total. The highest BCUT2D eigenvalue weighted by atomic mass is 32.1. The Morgan fingerprint density at radius 2 is 2.06 bits per heavy atom. The molecule has 0 aliphatic heterocycles. The van der Waals surface area contributed by atoms with Crippen LogP contribution in [0.2, 0.25) is 0 Å². The number of pyridine rings is 1. The zero-order valence-electron chi connectivity index (χ0n) is 9.99. The van der Waals surface area contributed by atoms with E-state index in [0.717, 1.165) is 15.6 Å². The molecule has 2 heterocycles. The summed E-state index contributed by atoms with van der Waals surface area (Å²) >= 11 is 1.65. The van der Waals surface area contributed by atoms with Crippen LogP contribution in [0.1, 0.15) is 28.5 Å². The van der Waals surface area contributed by atoms with Gasteiger partial charge in [0.1, 0.15) is 5.82 Å². The molecule has 0 amide bonds. The van der Waals surface area contributed by atoms with Crippen LogP contribution in [-0.4, -0.2) is 9.97 Å². The predicted octanol–water partition coefficient (Wildman–Crippen LogP) is 3.47. The Morgan fingerprint density at radius 3 is 2.65 bits per heavy atom. The molecule has 1 unspecified atom stereocenters. The second-order valence-corrected chi connectivity index (χ2v) is 5.13. The van der Waals surface area contributed by atoms with Gasteiger partial charge in [0.25, 0.3) is 0 Å². The highest BCUT2D eigenvalue weighted by Crippen LogP contribution is 2.26. The Bertz CT molecular complexity index is 524. The molecular formula is C12H14FN3S. The molecule has 0 radical (unpaired) electrons. The molecule has 0 aromatic carbocycles. The highest BCUT2D eigenvalue weighted by Gasteiger charge is 2.13. The molecule has 0 saturated carbocycles. The first kappa shape index (κ1) is 12.0. The summed E-state index contributed by atoms with van der Waals surface area (Å²) in [6.07, 6.45) is 0. The highest BCUT2D eigenvalue weighted by molar-refractivity contribution is 7.11. The maximum Gasteiger partial charge on any atom is 0.214 e. The van der Waals surface area contributed by atoms with Crippen LogP contribution < -0.4 is 5.32 Å². The van der Waals surface area contributed by atoms with Crippen molar-refractivity contribution in [3.8, 4) is 0 Å². The maximum atomic E-state index is 12.9. The van der Waals surface area contributed by atoms with Crippen molar-refractivity contribution >= 4 is 17.2 Å². The van der Waals surface area contributed by atoms with Crippen LogP contribution in [0.3, 0.4) is 0 Å².